The average Bonchev–Trinajstić information content (AvgIpc) is 3.93. The Bertz CT molecular complexity index is 3510. The molecule has 5 heteroatoms. The zero-order valence-electron chi connectivity index (χ0n) is 33.4. The fraction of sp³-hybridized carbons (Fsp3) is 0. The van der Waals surface area contributed by atoms with Crippen molar-refractivity contribution >= 4 is 43.9 Å². The van der Waals surface area contributed by atoms with Crippen LogP contribution in [0.25, 0.3) is 123 Å². The van der Waals surface area contributed by atoms with Crippen LogP contribution in [0.15, 0.2) is 221 Å². The number of furan rings is 2. The van der Waals surface area contributed by atoms with E-state index in [1.165, 1.54) is 0 Å². The molecule has 3 heterocycles. The molecule has 0 spiro atoms. The average molecular weight is 794 g/mol. The Hall–Kier alpha value is -8.41. The standard InChI is InChI=1S/C57H35N3O2/c1-3-13-36(14-4-1)38-25-29-40(30-26-38)55-58-56(41-31-27-39(28-32-41)37-15-5-2-6-16-37)60-57(59-55)42-33-34-45-48-22-11-21-47(54(48)62-52(45)35-42)44-18-8-7-17-43(44)46-20-12-24-51-53(46)49-19-9-10-23-50(49)61-51/h1-35H. The van der Waals surface area contributed by atoms with Gasteiger partial charge in [-0.1, -0.05) is 188 Å². The Labute approximate surface area is 357 Å². The van der Waals surface area contributed by atoms with E-state index in [1.807, 2.05) is 30.3 Å². The molecule has 0 unspecified atom stereocenters. The highest BCUT2D eigenvalue weighted by molar-refractivity contribution is 6.15. The van der Waals surface area contributed by atoms with Crippen LogP contribution in [0.4, 0.5) is 0 Å². The lowest BCUT2D eigenvalue weighted by Crippen LogP contribution is -2.00. The first-order valence-corrected chi connectivity index (χ1v) is 20.8. The summed E-state index contributed by atoms with van der Waals surface area (Å²) in [6.07, 6.45) is 0. The summed E-state index contributed by atoms with van der Waals surface area (Å²) in [6.45, 7) is 0. The summed E-state index contributed by atoms with van der Waals surface area (Å²) >= 11 is 0. The Balaban J connectivity index is 0.978. The fourth-order valence-electron chi connectivity index (χ4n) is 8.75. The molecule has 0 saturated carbocycles. The molecular formula is C57H35N3O2. The Kier molecular flexibility index (Phi) is 8.42. The summed E-state index contributed by atoms with van der Waals surface area (Å²) in [7, 11) is 0. The van der Waals surface area contributed by atoms with Gasteiger partial charge in [-0.2, -0.15) is 0 Å². The van der Waals surface area contributed by atoms with Crippen molar-refractivity contribution in [2.45, 2.75) is 0 Å². The van der Waals surface area contributed by atoms with Gasteiger partial charge in [0.25, 0.3) is 0 Å². The van der Waals surface area contributed by atoms with Crippen LogP contribution in [0, 0.1) is 0 Å². The van der Waals surface area contributed by atoms with Gasteiger partial charge in [0, 0.05) is 43.8 Å². The number of hydrogen-bond donors (Lipinski definition) is 0. The van der Waals surface area contributed by atoms with Crippen LogP contribution in [0.3, 0.4) is 0 Å². The molecule has 62 heavy (non-hydrogen) atoms. The van der Waals surface area contributed by atoms with Gasteiger partial charge in [-0.25, -0.2) is 15.0 Å². The summed E-state index contributed by atoms with van der Waals surface area (Å²) in [6, 6.07) is 73.3. The molecule has 0 aliphatic carbocycles. The highest BCUT2D eigenvalue weighted by Crippen LogP contribution is 2.44. The molecule has 0 fully saturated rings. The second-order valence-corrected chi connectivity index (χ2v) is 15.5. The quantitative estimate of drug-likeness (QED) is 0.161. The predicted octanol–water partition coefficient (Wildman–Crippen LogP) is 15.3. The molecule has 0 N–H and O–H groups in total. The smallest absolute Gasteiger partial charge is 0.164 e. The molecule has 0 saturated heterocycles. The van der Waals surface area contributed by atoms with Crippen LogP contribution in [-0.4, -0.2) is 15.0 Å². The van der Waals surface area contributed by atoms with Crippen molar-refractivity contribution in [3.63, 3.8) is 0 Å². The van der Waals surface area contributed by atoms with E-state index in [0.717, 1.165) is 105 Å². The molecule has 0 amide bonds. The van der Waals surface area contributed by atoms with Gasteiger partial charge in [0.15, 0.2) is 17.5 Å². The minimum atomic E-state index is 0.567. The third-order valence-electron chi connectivity index (χ3n) is 11.8. The molecule has 0 radical (unpaired) electrons. The number of fused-ring (bicyclic) bond motifs is 6. The number of nitrogens with zero attached hydrogens (tertiary/aromatic N) is 3. The van der Waals surface area contributed by atoms with Gasteiger partial charge >= 0.3 is 0 Å². The third kappa shape index (κ3) is 6.14. The summed E-state index contributed by atoms with van der Waals surface area (Å²) in [5, 5.41) is 4.26. The summed E-state index contributed by atoms with van der Waals surface area (Å²) in [5.74, 6) is 1.76. The number of hydrogen-bond acceptors (Lipinski definition) is 5. The van der Waals surface area contributed by atoms with E-state index < -0.39 is 0 Å². The highest BCUT2D eigenvalue weighted by Gasteiger charge is 2.20. The molecule has 0 bridgehead atoms. The zero-order chi connectivity index (χ0) is 41.0. The van der Waals surface area contributed by atoms with Crippen molar-refractivity contribution in [2.75, 3.05) is 0 Å². The summed E-state index contributed by atoms with van der Waals surface area (Å²) in [4.78, 5) is 15.3. The van der Waals surface area contributed by atoms with Gasteiger partial charge in [-0.05, 0) is 63.2 Å². The molecule has 0 aliphatic rings. The lowest BCUT2D eigenvalue weighted by atomic mass is 9.91. The van der Waals surface area contributed by atoms with Gasteiger partial charge in [-0.3, -0.25) is 0 Å². The van der Waals surface area contributed by atoms with Gasteiger partial charge in [-0.15, -0.1) is 0 Å². The molecule has 12 aromatic rings. The van der Waals surface area contributed by atoms with E-state index >= 15 is 0 Å². The van der Waals surface area contributed by atoms with E-state index in [1.54, 1.807) is 0 Å². The van der Waals surface area contributed by atoms with Crippen molar-refractivity contribution in [3.05, 3.63) is 212 Å². The van der Waals surface area contributed by atoms with Crippen molar-refractivity contribution < 1.29 is 8.83 Å². The summed E-state index contributed by atoms with van der Waals surface area (Å²) in [5.41, 5.74) is 14.9. The molecule has 12 rings (SSSR count). The maximum Gasteiger partial charge on any atom is 0.164 e. The second kappa shape index (κ2) is 14.7. The minimum absolute atomic E-state index is 0.567. The SMILES string of the molecule is c1ccc(-c2ccc(-c3nc(-c4ccc(-c5ccccc5)cc4)nc(-c4ccc5c(c4)oc4c(-c6ccccc6-c6cccc7oc8ccccc8c67)cccc45)n3)cc2)cc1. The predicted molar refractivity (Wildman–Crippen MR) is 252 cm³/mol. The zero-order valence-corrected chi connectivity index (χ0v) is 33.4. The van der Waals surface area contributed by atoms with E-state index in [4.69, 9.17) is 23.8 Å². The Morgan fingerprint density at radius 2 is 0.710 bits per heavy atom. The van der Waals surface area contributed by atoms with E-state index in [0.29, 0.717) is 17.5 Å². The Morgan fingerprint density at radius 1 is 0.258 bits per heavy atom. The van der Waals surface area contributed by atoms with Gasteiger partial charge in [0.05, 0.1) is 0 Å². The maximum atomic E-state index is 6.88. The van der Waals surface area contributed by atoms with Gasteiger partial charge in [0.2, 0.25) is 0 Å². The lowest BCUT2D eigenvalue weighted by Gasteiger charge is -2.12. The van der Waals surface area contributed by atoms with Crippen molar-refractivity contribution in [1.29, 1.82) is 0 Å². The highest BCUT2D eigenvalue weighted by atomic mass is 16.3. The van der Waals surface area contributed by atoms with E-state index in [2.05, 4.69) is 182 Å². The molecular weight excluding hydrogens is 759 g/mol. The third-order valence-corrected chi connectivity index (χ3v) is 11.8. The molecule has 9 aromatic carbocycles. The maximum absolute atomic E-state index is 6.88. The number of aromatic nitrogens is 3. The monoisotopic (exact) mass is 793 g/mol. The van der Waals surface area contributed by atoms with Crippen LogP contribution in [0.5, 0.6) is 0 Å². The fourth-order valence-corrected chi connectivity index (χ4v) is 8.75. The number of benzene rings is 9. The Morgan fingerprint density at radius 3 is 1.37 bits per heavy atom. The lowest BCUT2D eigenvalue weighted by molar-refractivity contribution is 0.669. The molecule has 0 atom stereocenters. The topological polar surface area (TPSA) is 65.0 Å². The van der Waals surface area contributed by atoms with Crippen LogP contribution < -0.4 is 0 Å². The first kappa shape index (κ1) is 35.5. The summed E-state index contributed by atoms with van der Waals surface area (Å²) < 4.78 is 13.2. The first-order chi connectivity index (χ1) is 30.7. The molecule has 0 aliphatic heterocycles. The van der Waals surface area contributed by atoms with Gasteiger partial charge < -0.3 is 8.83 Å². The van der Waals surface area contributed by atoms with Crippen LogP contribution in [-0.2, 0) is 0 Å². The molecule has 5 nitrogen and oxygen atoms in total. The molecule has 290 valence electrons. The van der Waals surface area contributed by atoms with Crippen LogP contribution in [0.2, 0.25) is 0 Å². The minimum Gasteiger partial charge on any atom is -0.456 e. The van der Waals surface area contributed by atoms with Crippen molar-refractivity contribution in [1.82, 2.24) is 15.0 Å². The number of para-hydroxylation sites is 2. The normalized spacial score (nSPS) is 11.5. The first-order valence-electron chi connectivity index (χ1n) is 20.8. The van der Waals surface area contributed by atoms with E-state index in [9.17, 15) is 0 Å². The van der Waals surface area contributed by atoms with Crippen LogP contribution >= 0.6 is 0 Å². The van der Waals surface area contributed by atoms with Crippen molar-refractivity contribution in [2.24, 2.45) is 0 Å². The second-order valence-electron chi connectivity index (χ2n) is 15.5. The van der Waals surface area contributed by atoms with Crippen molar-refractivity contribution in [3.8, 4) is 78.7 Å². The van der Waals surface area contributed by atoms with Gasteiger partial charge in [0.1, 0.15) is 22.3 Å². The van der Waals surface area contributed by atoms with Crippen LogP contribution in [0.1, 0.15) is 0 Å². The number of rotatable bonds is 7. The largest absolute Gasteiger partial charge is 0.456 e. The molecule has 3 aromatic heterocycles. The van der Waals surface area contributed by atoms with E-state index in [-0.39, 0.29) is 0 Å².